The van der Waals surface area contributed by atoms with Crippen molar-refractivity contribution < 1.29 is 35.9 Å². The van der Waals surface area contributed by atoms with E-state index >= 15 is 0 Å². The number of alkyl halides is 3. The molecule has 2 aromatic rings. The molecule has 45 heavy (non-hydrogen) atoms. The molecule has 1 saturated carbocycles. The third kappa shape index (κ3) is 8.16. The van der Waals surface area contributed by atoms with Crippen molar-refractivity contribution in [2.75, 3.05) is 24.8 Å². The second-order valence-corrected chi connectivity index (χ2v) is 14.9. The molecule has 0 spiro atoms. The molecule has 1 aromatic heterocycles. The number of carbonyl (C=O) groups excluding carboxylic acids is 2. The highest BCUT2D eigenvalue weighted by Crippen LogP contribution is 2.50. The maximum atomic E-state index is 14.5. The molecule has 13 heteroatoms. The zero-order chi connectivity index (χ0) is 33.2. The number of sulfonamides is 1. The predicted molar refractivity (Wildman–Crippen MR) is 165 cm³/mol. The van der Waals surface area contributed by atoms with Crippen LogP contribution in [0.4, 0.5) is 19.0 Å². The van der Waals surface area contributed by atoms with E-state index in [1.54, 1.807) is 30.3 Å². The largest absolute Gasteiger partial charge is 0.416 e. The van der Waals surface area contributed by atoms with Crippen LogP contribution in [-0.4, -0.2) is 61.7 Å². The number of benzene rings is 1. The normalized spacial score (nSPS) is 23.2. The van der Waals surface area contributed by atoms with E-state index in [4.69, 9.17) is 4.74 Å². The van der Waals surface area contributed by atoms with Gasteiger partial charge < -0.3 is 15.0 Å². The molecular formula is C32H43F3N4O5S. The Morgan fingerprint density at radius 1 is 1.04 bits per heavy atom. The van der Waals surface area contributed by atoms with Gasteiger partial charge in [-0.3, -0.25) is 14.3 Å². The number of carbonyl (C=O) groups is 2. The first-order valence-electron chi connectivity index (χ1n) is 15.3. The number of methoxy groups -OCH3 is 1. The number of amides is 2. The summed E-state index contributed by atoms with van der Waals surface area (Å²) < 4.78 is 74.5. The van der Waals surface area contributed by atoms with Crippen LogP contribution in [0.2, 0.25) is 0 Å². The summed E-state index contributed by atoms with van der Waals surface area (Å²) in [6, 6.07) is 7.98. The fourth-order valence-corrected chi connectivity index (χ4v) is 7.68. The molecule has 0 radical (unpaired) electrons. The summed E-state index contributed by atoms with van der Waals surface area (Å²) in [6.45, 7) is 6.93. The van der Waals surface area contributed by atoms with Crippen molar-refractivity contribution in [1.82, 2.24) is 14.6 Å². The predicted octanol–water partition coefficient (Wildman–Crippen LogP) is 5.48. The molecule has 9 nitrogen and oxygen atoms in total. The summed E-state index contributed by atoms with van der Waals surface area (Å²) in [5.74, 6) is -2.78. The Labute approximate surface area is 263 Å². The molecule has 4 atom stereocenters. The van der Waals surface area contributed by atoms with Gasteiger partial charge in [0.15, 0.2) is 0 Å². The van der Waals surface area contributed by atoms with Crippen molar-refractivity contribution >= 4 is 27.7 Å². The number of aryl methyl sites for hydroxylation is 1. The molecule has 1 aromatic carbocycles. The standard InChI is InChI=1S/C32H43F3N4O5S/c1-20-18-23(32(33,34)35)19-24(36-20)37-26-25(31(2,3)4)28(29(40)38-45(42,43)17-16-44-5)39(27(26)21-12-8-6-9-13-21)30(41)22-14-10-7-11-15-22/h6,8-9,12-13,18-19,22,25-28H,7,10-11,14-17H2,1-5H3,(H,36,37)(H,38,40)/t25-,26-,27-,28-/m1/s1. The molecule has 2 aliphatic rings. The summed E-state index contributed by atoms with van der Waals surface area (Å²) in [5, 5.41) is 3.21. The summed E-state index contributed by atoms with van der Waals surface area (Å²) in [4.78, 5) is 34.6. The molecular weight excluding hydrogens is 609 g/mol. The second-order valence-electron chi connectivity index (χ2n) is 13.1. The van der Waals surface area contributed by atoms with Gasteiger partial charge in [-0.15, -0.1) is 0 Å². The van der Waals surface area contributed by atoms with E-state index in [1.807, 2.05) is 20.8 Å². The molecule has 4 rings (SSSR count). The number of likely N-dealkylation sites (tertiary alicyclic amines) is 1. The molecule has 2 heterocycles. The first-order valence-corrected chi connectivity index (χ1v) is 16.9. The number of ether oxygens (including phenoxy) is 1. The van der Waals surface area contributed by atoms with E-state index in [1.165, 1.54) is 18.9 Å². The van der Waals surface area contributed by atoms with Crippen LogP contribution in [0.3, 0.4) is 0 Å². The van der Waals surface area contributed by atoms with Gasteiger partial charge in [0.2, 0.25) is 15.9 Å². The van der Waals surface area contributed by atoms with Crippen molar-refractivity contribution in [2.24, 2.45) is 17.3 Å². The lowest BCUT2D eigenvalue weighted by Crippen LogP contribution is -2.54. The molecule has 2 N–H and O–H groups in total. The average Bonchev–Trinajstić information content (AvgIpc) is 3.31. The first kappa shape index (κ1) is 34.7. The summed E-state index contributed by atoms with van der Waals surface area (Å²) in [7, 11) is -2.78. The van der Waals surface area contributed by atoms with Crippen molar-refractivity contribution in [3.05, 3.63) is 59.3 Å². The topological polar surface area (TPSA) is 118 Å². The van der Waals surface area contributed by atoms with Crippen LogP contribution in [-0.2, 0) is 30.5 Å². The van der Waals surface area contributed by atoms with E-state index in [-0.39, 0.29) is 29.9 Å². The number of pyridine rings is 1. The minimum absolute atomic E-state index is 0.0543. The molecule has 1 aliphatic carbocycles. The molecule has 1 aliphatic heterocycles. The number of nitrogens with one attached hydrogen (secondary N) is 2. The highest BCUT2D eigenvalue weighted by atomic mass is 32.2. The molecule has 0 unspecified atom stereocenters. The van der Waals surface area contributed by atoms with Crippen molar-refractivity contribution in [1.29, 1.82) is 0 Å². The van der Waals surface area contributed by atoms with E-state index in [9.17, 15) is 31.2 Å². The number of hydrogen-bond acceptors (Lipinski definition) is 7. The van der Waals surface area contributed by atoms with E-state index < -0.39 is 62.9 Å². The fraction of sp³-hybridized carbons (Fsp3) is 0.594. The highest BCUT2D eigenvalue weighted by molar-refractivity contribution is 7.90. The minimum Gasteiger partial charge on any atom is -0.384 e. The van der Waals surface area contributed by atoms with Gasteiger partial charge in [0.05, 0.1) is 30.0 Å². The second kappa shape index (κ2) is 13.7. The van der Waals surface area contributed by atoms with Gasteiger partial charge in [-0.1, -0.05) is 70.4 Å². The van der Waals surface area contributed by atoms with Crippen LogP contribution in [0, 0.1) is 24.2 Å². The minimum atomic E-state index is -4.62. The molecule has 2 fully saturated rings. The summed E-state index contributed by atoms with van der Waals surface area (Å²) in [5.41, 5.74) is -0.814. The Kier molecular flexibility index (Phi) is 10.5. The van der Waals surface area contributed by atoms with Crippen LogP contribution >= 0.6 is 0 Å². The summed E-state index contributed by atoms with van der Waals surface area (Å²) >= 11 is 0. The Morgan fingerprint density at radius 2 is 1.69 bits per heavy atom. The summed E-state index contributed by atoms with van der Waals surface area (Å²) in [6.07, 6.45) is -0.679. The lowest BCUT2D eigenvalue weighted by atomic mass is 9.72. The zero-order valence-corrected chi connectivity index (χ0v) is 27.2. The average molecular weight is 653 g/mol. The van der Waals surface area contributed by atoms with Crippen LogP contribution in [0.5, 0.6) is 0 Å². The Morgan fingerprint density at radius 3 is 2.27 bits per heavy atom. The Balaban J connectivity index is 1.92. The van der Waals surface area contributed by atoms with Crippen LogP contribution in [0.25, 0.3) is 0 Å². The third-order valence-electron chi connectivity index (χ3n) is 8.69. The van der Waals surface area contributed by atoms with Gasteiger partial charge in [0.25, 0.3) is 5.91 Å². The monoisotopic (exact) mass is 652 g/mol. The van der Waals surface area contributed by atoms with E-state index in [2.05, 4.69) is 15.0 Å². The third-order valence-corrected chi connectivity index (χ3v) is 9.91. The molecule has 1 saturated heterocycles. The van der Waals surface area contributed by atoms with Crippen molar-refractivity contribution in [3.63, 3.8) is 0 Å². The van der Waals surface area contributed by atoms with Gasteiger partial charge in [-0.25, -0.2) is 13.4 Å². The maximum absolute atomic E-state index is 14.5. The highest BCUT2D eigenvalue weighted by Gasteiger charge is 2.59. The van der Waals surface area contributed by atoms with E-state index in [0.29, 0.717) is 18.4 Å². The van der Waals surface area contributed by atoms with Gasteiger partial charge >= 0.3 is 6.18 Å². The number of aromatic nitrogens is 1. The van der Waals surface area contributed by atoms with Crippen LogP contribution in [0.15, 0.2) is 42.5 Å². The van der Waals surface area contributed by atoms with Crippen LogP contribution in [0.1, 0.15) is 75.7 Å². The zero-order valence-electron chi connectivity index (χ0n) is 26.4. The van der Waals surface area contributed by atoms with Crippen molar-refractivity contribution in [2.45, 2.75) is 84.1 Å². The van der Waals surface area contributed by atoms with Gasteiger partial charge in [-0.05, 0) is 42.9 Å². The smallest absolute Gasteiger partial charge is 0.384 e. The van der Waals surface area contributed by atoms with E-state index in [0.717, 1.165) is 31.4 Å². The van der Waals surface area contributed by atoms with Gasteiger partial charge in [0, 0.05) is 24.6 Å². The van der Waals surface area contributed by atoms with Gasteiger partial charge in [0.1, 0.15) is 11.9 Å². The van der Waals surface area contributed by atoms with Crippen LogP contribution < -0.4 is 10.0 Å². The SMILES string of the molecule is COCCS(=O)(=O)NC(=O)[C@H]1[C@H](C(C)(C)C)[C@@H](Nc2cc(C(F)(F)F)cc(C)n2)[C@@H](c2ccccc2)N1C(=O)C1CCCCC1. The molecule has 0 bridgehead atoms. The quantitative estimate of drug-likeness (QED) is 0.369. The number of hydrogen-bond donors (Lipinski definition) is 2. The number of anilines is 1. The maximum Gasteiger partial charge on any atom is 0.416 e. The Bertz CT molecular complexity index is 1460. The first-order chi connectivity index (χ1) is 21.0. The van der Waals surface area contributed by atoms with Gasteiger partial charge in [-0.2, -0.15) is 13.2 Å². The number of nitrogens with zero attached hydrogens (tertiary/aromatic N) is 2. The van der Waals surface area contributed by atoms with Crippen molar-refractivity contribution in [3.8, 4) is 0 Å². The molecule has 248 valence electrons. The molecule has 2 amide bonds. The fourth-order valence-electron chi connectivity index (χ4n) is 6.77. The lowest BCUT2D eigenvalue weighted by Gasteiger charge is -2.37. The number of halogens is 3. The Hall–Kier alpha value is -3.19. The lowest BCUT2D eigenvalue weighted by molar-refractivity contribution is -0.145. The number of rotatable bonds is 9.